The number of carboxylic acids is 1. The molecule has 0 aromatic heterocycles. The molecule has 0 bridgehead atoms. The van der Waals surface area contributed by atoms with Crippen LogP contribution in [0.2, 0.25) is 0 Å². The van der Waals surface area contributed by atoms with Crippen molar-refractivity contribution < 1.29 is 24.2 Å². The third-order valence-corrected chi connectivity index (χ3v) is 4.18. The van der Waals surface area contributed by atoms with Gasteiger partial charge in [-0.2, -0.15) is 0 Å². The van der Waals surface area contributed by atoms with Gasteiger partial charge in [0, 0.05) is 24.8 Å². The molecule has 144 valence electrons. The van der Waals surface area contributed by atoms with Crippen molar-refractivity contribution in [1.29, 1.82) is 0 Å². The minimum atomic E-state index is -0.852. The van der Waals surface area contributed by atoms with Gasteiger partial charge in [-0.15, -0.1) is 0 Å². The van der Waals surface area contributed by atoms with Gasteiger partial charge in [0.2, 0.25) is 0 Å². The Morgan fingerprint density at radius 1 is 1.19 bits per heavy atom. The van der Waals surface area contributed by atoms with E-state index in [1.807, 2.05) is 13.8 Å². The number of carboxylic acid groups (broad SMARTS) is 1. The number of urea groups is 1. The Bertz CT molecular complexity index is 620. The molecule has 7 heteroatoms. The van der Waals surface area contributed by atoms with Crippen molar-refractivity contribution in [1.82, 2.24) is 4.90 Å². The van der Waals surface area contributed by atoms with Crippen LogP contribution in [0.4, 0.5) is 10.5 Å². The number of rotatable bonds is 8. The summed E-state index contributed by atoms with van der Waals surface area (Å²) in [5.41, 5.74) is 0.599. The molecule has 1 fully saturated rings. The highest BCUT2D eigenvalue weighted by Gasteiger charge is 2.28. The van der Waals surface area contributed by atoms with Crippen molar-refractivity contribution in [2.75, 3.05) is 31.6 Å². The summed E-state index contributed by atoms with van der Waals surface area (Å²) in [5.74, 6) is -0.0969. The van der Waals surface area contributed by atoms with Crippen molar-refractivity contribution >= 4 is 17.7 Å². The molecule has 1 heterocycles. The zero-order valence-electron chi connectivity index (χ0n) is 15.5. The maximum absolute atomic E-state index is 12.5. The number of hydrogen-bond donors (Lipinski definition) is 2. The van der Waals surface area contributed by atoms with Gasteiger partial charge in [0.15, 0.2) is 11.5 Å². The van der Waals surface area contributed by atoms with E-state index in [9.17, 15) is 9.59 Å². The number of benzene rings is 1. The molecule has 26 heavy (non-hydrogen) atoms. The van der Waals surface area contributed by atoms with Gasteiger partial charge < -0.3 is 24.8 Å². The normalized spacial score (nSPS) is 16.8. The Balaban J connectivity index is 2.05. The smallest absolute Gasteiger partial charge is 0.321 e. The summed E-state index contributed by atoms with van der Waals surface area (Å²) in [4.78, 5) is 25.2. The molecule has 7 nitrogen and oxygen atoms in total. The number of anilines is 1. The van der Waals surface area contributed by atoms with Gasteiger partial charge in [-0.3, -0.25) is 4.79 Å². The first-order chi connectivity index (χ1) is 12.5. The highest BCUT2D eigenvalue weighted by atomic mass is 16.5. The zero-order valence-corrected chi connectivity index (χ0v) is 15.5. The van der Waals surface area contributed by atoms with Crippen LogP contribution >= 0.6 is 0 Å². The van der Waals surface area contributed by atoms with E-state index in [2.05, 4.69) is 5.32 Å². The number of carbonyl (C=O) groups excluding carboxylic acids is 1. The first-order valence-corrected chi connectivity index (χ1v) is 9.23. The summed E-state index contributed by atoms with van der Waals surface area (Å²) < 4.78 is 11.4. The molecule has 0 spiro atoms. The van der Waals surface area contributed by atoms with Crippen LogP contribution in [0.1, 0.15) is 39.5 Å². The molecular weight excluding hydrogens is 336 g/mol. The van der Waals surface area contributed by atoms with Crippen LogP contribution in [-0.2, 0) is 4.79 Å². The molecule has 2 rings (SSSR count). The van der Waals surface area contributed by atoms with Crippen molar-refractivity contribution in [2.24, 2.45) is 5.92 Å². The molecule has 0 radical (unpaired) electrons. The van der Waals surface area contributed by atoms with Crippen molar-refractivity contribution in [3.05, 3.63) is 18.2 Å². The number of piperidine rings is 1. The van der Waals surface area contributed by atoms with Crippen molar-refractivity contribution in [3.8, 4) is 11.5 Å². The Morgan fingerprint density at radius 3 is 2.54 bits per heavy atom. The summed E-state index contributed by atoms with van der Waals surface area (Å²) in [6.45, 7) is 6.01. The van der Waals surface area contributed by atoms with E-state index in [0.717, 1.165) is 12.8 Å². The predicted octanol–water partition coefficient (Wildman–Crippen LogP) is 3.59. The van der Waals surface area contributed by atoms with E-state index >= 15 is 0 Å². The maximum atomic E-state index is 12.5. The number of carbonyl (C=O) groups is 2. The third kappa shape index (κ3) is 5.54. The standard InChI is InChI=1S/C19H28N2O5/c1-3-10-25-16-8-7-15(12-17(16)26-11-4-2)20-19(24)21-9-5-6-14(13-21)18(22)23/h7-8,12,14H,3-6,9-11,13H2,1-2H3,(H,20,24)(H,22,23). The van der Waals surface area contributed by atoms with Crippen LogP contribution in [0.5, 0.6) is 11.5 Å². The second-order valence-corrected chi connectivity index (χ2v) is 6.41. The Hall–Kier alpha value is -2.44. The molecule has 1 aromatic rings. The van der Waals surface area contributed by atoms with Crippen LogP contribution in [0.25, 0.3) is 0 Å². The first kappa shape index (κ1) is 19.9. The summed E-state index contributed by atoms with van der Waals surface area (Å²) >= 11 is 0. The molecule has 0 aliphatic carbocycles. The number of aliphatic carboxylic acids is 1. The monoisotopic (exact) mass is 364 g/mol. The van der Waals surface area contributed by atoms with E-state index in [4.69, 9.17) is 14.6 Å². The average Bonchev–Trinajstić information content (AvgIpc) is 2.65. The molecule has 0 saturated carbocycles. The fourth-order valence-corrected chi connectivity index (χ4v) is 2.81. The molecule has 1 atom stereocenters. The van der Waals surface area contributed by atoms with Crippen molar-refractivity contribution in [3.63, 3.8) is 0 Å². The first-order valence-electron chi connectivity index (χ1n) is 9.23. The SMILES string of the molecule is CCCOc1ccc(NC(=O)N2CCCC(C(=O)O)C2)cc1OCCC. The van der Waals surface area contributed by atoms with Gasteiger partial charge in [0.1, 0.15) is 0 Å². The van der Waals surface area contributed by atoms with Gasteiger partial charge in [0.25, 0.3) is 0 Å². The topological polar surface area (TPSA) is 88.1 Å². The van der Waals surface area contributed by atoms with E-state index in [1.54, 1.807) is 23.1 Å². The summed E-state index contributed by atoms with van der Waals surface area (Å²) in [5, 5.41) is 12.0. The third-order valence-electron chi connectivity index (χ3n) is 4.18. The molecule has 1 saturated heterocycles. The zero-order chi connectivity index (χ0) is 18.9. The number of amides is 2. The van der Waals surface area contributed by atoms with Gasteiger partial charge in [-0.25, -0.2) is 4.79 Å². The van der Waals surface area contributed by atoms with E-state index in [1.165, 1.54) is 0 Å². The highest BCUT2D eigenvalue weighted by molar-refractivity contribution is 5.90. The summed E-state index contributed by atoms with van der Waals surface area (Å²) in [6, 6.07) is 5.00. The molecule has 2 amide bonds. The Kier molecular flexibility index (Phi) is 7.56. The second kappa shape index (κ2) is 9.89. The molecule has 1 aliphatic rings. The quantitative estimate of drug-likeness (QED) is 0.736. The molecule has 1 aromatic carbocycles. The van der Waals surface area contributed by atoms with Gasteiger partial charge in [-0.05, 0) is 37.8 Å². The largest absolute Gasteiger partial charge is 0.490 e. The van der Waals surface area contributed by atoms with Gasteiger partial charge >= 0.3 is 12.0 Å². The van der Waals surface area contributed by atoms with Crippen LogP contribution in [0.15, 0.2) is 18.2 Å². The van der Waals surface area contributed by atoms with Gasteiger partial charge in [0.05, 0.1) is 19.1 Å². The van der Waals surface area contributed by atoms with Crippen LogP contribution in [-0.4, -0.2) is 48.3 Å². The maximum Gasteiger partial charge on any atom is 0.321 e. The Labute approximate surface area is 154 Å². The lowest BCUT2D eigenvalue weighted by Gasteiger charge is -2.30. The Morgan fingerprint density at radius 2 is 1.88 bits per heavy atom. The second-order valence-electron chi connectivity index (χ2n) is 6.41. The number of nitrogens with one attached hydrogen (secondary N) is 1. The number of hydrogen-bond acceptors (Lipinski definition) is 4. The molecule has 2 N–H and O–H groups in total. The number of likely N-dealkylation sites (tertiary alicyclic amines) is 1. The lowest BCUT2D eigenvalue weighted by molar-refractivity contribution is -0.143. The molecule has 1 unspecified atom stereocenters. The highest BCUT2D eigenvalue weighted by Crippen LogP contribution is 2.31. The fraction of sp³-hybridized carbons (Fsp3) is 0.579. The number of ether oxygens (including phenoxy) is 2. The molecular formula is C19H28N2O5. The molecule has 1 aliphatic heterocycles. The lowest BCUT2D eigenvalue weighted by atomic mass is 9.99. The minimum Gasteiger partial charge on any atom is -0.490 e. The predicted molar refractivity (Wildman–Crippen MR) is 99.0 cm³/mol. The average molecular weight is 364 g/mol. The van der Waals surface area contributed by atoms with Crippen LogP contribution < -0.4 is 14.8 Å². The summed E-state index contributed by atoms with van der Waals surface area (Å²) in [7, 11) is 0. The van der Waals surface area contributed by atoms with Gasteiger partial charge in [-0.1, -0.05) is 13.8 Å². The summed E-state index contributed by atoms with van der Waals surface area (Å²) in [6.07, 6.45) is 3.07. The van der Waals surface area contributed by atoms with Crippen LogP contribution in [0, 0.1) is 5.92 Å². The minimum absolute atomic E-state index is 0.234. The van der Waals surface area contributed by atoms with Crippen LogP contribution in [0.3, 0.4) is 0 Å². The van der Waals surface area contributed by atoms with Crippen molar-refractivity contribution in [2.45, 2.75) is 39.5 Å². The number of nitrogens with zero attached hydrogens (tertiary/aromatic N) is 1. The fourth-order valence-electron chi connectivity index (χ4n) is 2.81. The lowest BCUT2D eigenvalue weighted by Crippen LogP contribution is -2.44. The van der Waals surface area contributed by atoms with E-state index in [0.29, 0.717) is 49.8 Å². The van der Waals surface area contributed by atoms with E-state index < -0.39 is 11.9 Å². The van der Waals surface area contributed by atoms with E-state index in [-0.39, 0.29) is 12.6 Å².